The van der Waals surface area contributed by atoms with E-state index < -0.39 is 0 Å². The Balaban J connectivity index is 2.57. The number of halogens is 1. The molecule has 0 aromatic carbocycles. The summed E-state index contributed by atoms with van der Waals surface area (Å²) in [6.45, 7) is 4.13. The molecule has 0 fully saturated rings. The molecular weight excluding hydrogens is 230 g/mol. The topological polar surface area (TPSA) is 33.6 Å². The van der Waals surface area contributed by atoms with E-state index in [2.05, 4.69) is 56.7 Å². The molecule has 2 heterocycles. The second kappa shape index (κ2) is 3.03. The molecule has 13 heavy (non-hydrogen) atoms. The summed E-state index contributed by atoms with van der Waals surface area (Å²) in [5, 5.41) is 7.03. The van der Waals surface area contributed by atoms with Gasteiger partial charge in [-0.15, -0.1) is 0 Å². The Kier molecular flexibility index (Phi) is 2.00. The highest BCUT2D eigenvalue weighted by Crippen LogP contribution is 2.16. The van der Waals surface area contributed by atoms with E-state index in [4.69, 9.17) is 0 Å². The third-order valence-electron chi connectivity index (χ3n) is 2.03. The van der Waals surface area contributed by atoms with Gasteiger partial charge < -0.3 is 4.57 Å². The average Bonchev–Trinajstić information content (AvgIpc) is 2.60. The van der Waals surface area contributed by atoms with Gasteiger partial charge in [0.05, 0.1) is 0 Å². The first-order chi connectivity index (χ1) is 6.18. The summed E-state index contributed by atoms with van der Waals surface area (Å²) in [6.07, 6.45) is 0. The number of aromatic nitrogens is 3. The molecule has 0 saturated heterocycles. The van der Waals surface area contributed by atoms with E-state index in [0.717, 1.165) is 10.4 Å². The smallest absolute Gasteiger partial charge is 0.160 e. The van der Waals surface area contributed by atoms with Crippen molar-refractivity contribution < 1.29 is 0 Å². The molecule has 0 atom stereocenters. The van der Waals surface area contributed by atoms with Gasteiger partial charge in [0, 0.05) is 17.5 Å². The lowest BCUT2D eigenvalue weighted by atomic mass is 10.5. The molecule has 0 aliphatic heterocycles. The Hall–Kier alpha value is -1.03. The Morgan fingerprint density at radius 2 is 1.92 bits per heavy atom. The zero-order chi connectivity index (χ0) is 9.42. The lowest BCUT2D eigenvalue weighted by Crippen LogP contribution is -1.98. The Morgan fingerprint density at radius 1 is 1.31 bits per heavy atom. The summed E-state index contributed by atoms with van der Waals surface area (Å²) in [6, 6.07) is 6.12. The number of rotatable bonds is 1. The van der Waals surface area contributed by atoms with E-state index in [1.165, 1.54) is 11.4 Å². The predicted octanol–water partition coefficient (Wildman–Crippen LogP) is 2.58. The molecule has 0 aliphatic carbocycles. The van der Waals surface area contributed by atoms with E-state index in [-0.39, 0.29) is 0 Å². The summed E-state index contributed by atoms with van der Waals surface area (Å²) in [7, 11) is 0. The number of nitrogens with zero attached hydrogens (tertiary/aromatic N) is 2. The quantitative estimate of drug-likeness (QED) is 0.816. The molecule has 0 radical (unpaired) electrons. The van der Waals surface area contributed by atoms with Crippen LogP contribution in [0.15, 0.2) is 22.8 Å². The van der Waals surface area contributed by atoms with Crippen LogP contribution in [0.5, 0.6) is 0 Å². The van der Waals surface area contributed by atoms with Gasteiger partial charge in [-0.3, -0.25) is 5.10 Å². The van der Waals surface area contributed by atoms with Crippen molar-refractivity contribution in [2.75, 3.05) is 0 Å². The molecule has 2 rings (SSSR count). The maximum atomic E-state index is 4.17. The molecule has 3 nitrogen and oxygen atoms in total. The third-order valence-corrected chi connectivity index (χ3v) is 2.44. The molecule has 0 bridgehead atoms. The molecule has 2 aromatic rings. The van der Waals surface area contributed by atoms with Crippen LogP contribution in [-0.2, 0) is 0 Å². The second-order valence-electron chi connectivity index (χ2n) is 3.03. The highest BCUT2D eigenvalue weighted by molar-refractivity contribution is 9.10. The van der Waals surface area contributed by atoms with E-state index in [1.54, 1.807) is 0 Å². The normalized spacial score (nSPS) is 10.7. The largest absolute Gasteiger partial charge is 0.302 e. The van der Waals surface area contributed by atoms with Crippen molar-refractivity contribution in [2.24, 2.45) is 0 Å². The van der Waals surface area contributed by atoms with Gasteiger partial charge in [0.1, 0.15) is 4.60 Å². The SMILES string of the molecule is Cc1ccc(C)n1-c1cc(Br)[nH]n1. The van der Waals surface area contributed by atoms with Crippen molar-refractivity contribution in [3.05, 3.63) is 34.2 Å². The van der Waals surface area contributed by atoms with Crippen LogP contribution in [-0.4, -0.2) is 14.8 Å². The number of hydrogen-bond donors (Lipinski definition) is 1. The van der Waals surface area contributed by atoms with Crippen LogP contribution in [0.3, 0.4) is 0 Å². The van der Waals surface area contributed by atoms with Gasteiger partial charge in [-0.25, -0.2) is 0 Å². The van der Waals surface area contributed by atoms with E-state index in [9.17, 15) is 0 Å². The van der Waals surface area contributed by atoms with Gasteiger partial charge >= 0.3 is 0 Å². The van der Waals surface area contributed by atoms with Crippen LogP contribution in [0, 0.1) is 13.8 Å². The minimum absolute atomic E-state index is 0.898. The fraction of sp³-hybridized carbons (Fsp3) is 0.222. The number of hydrogen-bond acceptors (Lipinski definition) is 1. The van der Waals surface area contributed by atoms with E-state index in [0.29, 0.717) is 0 Å². The number of aromatic amines is 1. The molecule has 0 amide bonds. The maximum Gasteiger partial charge on any atom is 0.160 e. The van der Waals surface area contributed by atoms with E-state index in [1.807, 2.05) is 6.07 Å². The second-order valence-corrected chi connectivity index (χ2v) is 3.88. The summed E-state index contributed by atoms with van der Waals surface area (Å²) in [4.78, 5) is 0. The van der Waals surface area contributed by atoms with Crippen LogP contribution in [0.2, 0.25) is 0 Å². The fourth-order valence-corrected chi connectivity index (χ4v) is 1.73. The van der Waals surface area contributed by atoms with Crippen molar-refractivity contribution in [3.63, 3.8) is 0 Å². The highest BCUT2D eigenvalue weighted by Gasteiger charge is 2.06. The standard InChI is InChI=1S/C9H10BrN3/c1-6-3-4-7(2)13(6)9-5-8(10)11-12-9/h3-5H,1-2H3,(H,11,12). The van der Waals surface area contributed by atoms with Crippen molar-refractivity contribution >= 4 is 15.9 Å². The number of aryl methyl sites for hydroxylation is 2. The number of H-pyrrole nitrogens is 1. The van der Waals surface area contributed by atoms with Gasteiger partial charge in [0.2, 0.25) is 0 Å². The molecule has 0 spiro atoms. The minimum Gasteiger partial charge on any atom is -0.302 e. The average molecular weight is 240 g/mol. The minimum atomic E-state index is 0.898. The monoisotopic (exact) mass is 239 g/mol. The summed E-state index contributed by atoms with van der Waals surface area (Å²) in [5.74, 6) is 0.923. The fourth-order valence-electron chi connectivity index (χ4n) is 1.43. The van der Waals surface area contributed by atoms with Crippen molar-refractivity contribution in [1.29, 1.82) is 0 Å². The number of nitrogens with one attached hydrogen (secondary N) is 1. The predicted molar refractivity (Wildman–Crippen MR) is 55.1 cm³/mol. The highest BCUT2D eigenvalue weighted by atomic mass is 79.9. The Labute approximate surface area is 84.9 Å². The summed E-state index contributed by atoms with van der Waals surface area (Å²) < 4.78 is 3.00. The van der Waals surface area contributed by atoms with Crippen molar-refractivity contribution in [3.8, 4) is 5.82 Å². The van der Waals surface area contributed by atoms with Crippen LogP contribution in [0.25, 0.3) is 5.82 Å². The van der Waals surface area contributed by atoms with Crippen molar-refractivity contribution in [2.45, 2.75) is 13.8 Å². The zero-order valence-electron chi connectivity index (χ0n) is 7.50. The van der Waals surface area contributed by atoms with Gasteiger partial charge in [0.15, 0.2) is 5.82 Å². The first kappa shape index (κ1) is 8.56. The Bertz CT molecular complexity index is 408. The molecule has 0 saturated carbocycles. The molecule has 68 valence electrons. The maximum absolute atomic E-state index is 4.17. The van der Waals surface area contributed by atoms with Crippen LogP contribution < -0.4 is 0 Å². The summed E-state index contributed by atoms with van der Waals surface area (Å²) >= 11 is 3.34. The first-order valence-corrected chi connectivity index (χ1v) is 4.84. The molecule has 0 unspecified atom stereocenters. The summed E-state index contributed by atoms with van der Waals surface area (Å²) in [5.41, 5.74) is 2.38. The lowest BCUT2D eigenvalue weighted by Gasteiger charge is -2.03. The van der Waals surface area contributed by atoms with E-state index >= 15 is 0 Å². The van der Waals surface area contributed by atoms with Gasteiger partial charge in [0.25, 0.3) is 0 Å². The molecule has 1 N–H and O–H groups in total. The molecule has 0 aliphatic rings. The lowest BCUT2D eigenvalue weighted by molar-refractivity contribution is 0.901. The van der Waals surface area contributed by atoms with Crippen molar-refractivity contribution in [1.82, 2.24) is 14.8 Å². The Morgan fingerprint density at radius 3 is 2.38 bits per heavy atom. The molecular formula is C9H10BrN3. The van der Waals surface area contributed by atoms with Gasteiger partial charge in [-0.1, -0.05) is 0 Å². The molecule has 2 aromatic heterocycles. The molecule has 4 heteroatoms. The van der Waals surface area contributed by atoms with Crippen LogP contribution in [0.4, 0.5) is 0 Å². The van der Waals surface area contributed by atoms with Gasteiger partial charge in [-0.2, -0.15) is 5.10 Å². The first-order valence-electron chi connectivity index (χ1n) is 4.05. The van der Waals surface area contributed by atoms with Gasteiger partial charge in [-0.05, 0) is 41.9 Å². The third kappa shape index (κ3) is 1.42. The van der Waals surface area contributed by atoms with Crippen LogP contribution in [0.1, 0.15) is 11.4 Å². The zero-order valence-corrected chi connectivity index (χ0v) is 9.09. The van der Waals surface area contributed by atoms with Crippen LogP contribution >= 0.6 is 15.9 Å².